The smallest absolute Gasteiger partial charge is 0.346 e. The van der Waals surface area contributed by atoms with Crippen molar-refractivity contribution in [1.29, 1.82) is 0 Å². The molecule has 0 amide bonds. The van der Waals surface area contributed by atoms with Crippen LogP contribution in [0.3, 0.4) is 0 Å². The van der Waals surface area contributed by atoms with E-state index in [2.05, 4.69) is 32.9 Å². The molecule has 0 atom stereocenters. The fourth-order valence-corrected chi connectivity index (χ4v) is 0.862. The van der Waals surface area contributed by atoms with Gasteiger partial charge in [0, 0.05) is 0 Å². The molecule has 1 aliphatic rings. The molecule has 1 rings (SSSR count). The van der Waals surface area contributed by atoms with E-state index in [0.717, 1.165) is 6.42 Å². The van der Waals surface area contributed by atoms with Gasteiger partial charge in [0.25, 0.3) is 0 Å². The molecule has 1 aliphatic carbocycles. The van der Waals surface area contributed by atoms with Crippen LogP contribution in [0.4, 0.5) is 0 Å². The van der Waals surface area contributed by atoms with Crippen LogP contribution in [-0.2, 0) is 19.5 Å². The molecule has 0 fully saturated rings. The van der Waals surface area contributed by atoms with Gasteiger partial charge in [0.05, 0.1) is 0 Å². The van der Waals surface area contributed by atoms with Gasteiger partial charge in [-0.1, -0.05) is 20.8 Å². The summed E-state index contributed by atoms with van der Waals surface area (Å²) in [6.07, 6.45) is 11.6. The molecule has 0 aromatic heterocycles. The van der Waals surface area contributed by atoms with Gasteiger partial charge in [0.15, 0.2) is 0 Å². The van der Waals surface area contributed by atoms with Crippen molar-refractivity contribution in [3.8, 4) is 0 Å². The predicted molar refractivity (Wildman–Crippen MR) is 65.5 cm³/mol. The van der Waals surface area contributed by atoms with Crippen LogP contribution < -0.4 is 0 Å². The van der Waals surface area contributed by atoms with E-state index in [1.54, 1.807) is 13.0 Å². The number of rotatable bonds is 1. The minimum atomic E-state index is 0. The van der Waals surface area contributed by atoms with Gasteiger partial charge in [-0.05, 0) is 0 Å². The van der Waals surface area contributed by atoms with E-state index in [4.69, 9.17) is 6.58 Å². The summed E-state index contributed by atoms with van der Waals surface area (Å²) in [5, 5.41) is 0. The quantitative estimate of drug-likeness (QED) is 0.379. The minimum absolute atomic E-state index is 0. The van der Waals surface area contributed by atoms with Crippen LogP contribution >= 0.6 is 0 Å². The third kappa shape index (κ3) is 16.3. The standard InChI is InChI=1S/C7H9.C5H7.C2H5.Ru/c1-6-3-4-7(2)5-6;1-3-5-4-2;1-2;/h5H,3H2,1-2H3;1,3-5H,2H3;1H2,2H3;/q3*-1;+3. The third-order valence-corrected chi connectivity index (χ3v) is 1.41. The second-order valence-electron chi connectivity index (χ2n) is 2.75. The average Bonchev–Trinajstić information content (AvgIpc) is 2.56. The summed E-state index contributed by atoms with van der Waals surface area (Å²) >= 11 is 0. The van der Waals surface area contributed by atoms with Crippen LogP contribution in [0.2, 0.25) is 0 Å². The molecule has 1 heteroatoms. The summed E-state index contributed by atoms with van der Waals surface area (Å²) < 4.78 is 0. The fraction of sp³-hybridized carbons (Fsp3) is 0.357. The first kappa shape index (κ1) is 20.1. The second-order valence-corrected chi connectivity index (χ2v) is 2.75. The summed E-state index contributed by atoms with van der Waals surface area (Å²) in [6, 6.07) is 0. The number of hydrogen-bond donors (Lipinski definition) is 0. The van der Waals surface area contributed by atoms with Crippen LogP contribution in [0.5, 0.6) is 0 Å². The van der Waals surface area contributed by atoms with Crippen molar-refractivity contribution in [3.63, 3.8) is 0 Å². The Hall–Kier alpha value is -0.417. The van der Waals surface area contributed by atoms with Crippen molar-refractivity contribution in [2.24, 2.45) is 0 Å². The van der Waals surface area contributed by atoms with Gasteiger partial charge in [-0.3, -0.25) is 12.7 Å². The van der Waals surface area contributed by atoms with Crippen molar-refractivity contribution < 1.29 is 19.5 Å². The SMILES string of the molecule is CC1=[C-]CC(C)=C1.[CH-]=CC=CC.[CH2-]C.[Ru+3]. The van der Waals surface area contributed by atoms with Gasteiger partial charge in [0.2, 0.25) is 0 Å². The van der Waals surface area contributed by atoms with Gasteiger partial charge < -0.3 is 6.92 Å². The molecule has 0 spiro atoms. The number of allylic oxidation sites excluding steroid dienone is 7. The molecule has 0 unspecified atom stereocenters. The Morgan fingerprint density at radius 1 is 1.40 bits per heavy atom. The van der Waals surface area contributed by atoms with Crippen LogP contribution in [0.15, 0.2) is 35.5 Å². The Bertz CT molecular complexity index is 219. The maximum Gasteiger partial charge on any atom is 3.00 e. The summed E-state index contributed by atoms with van der Waals surface area (Å²) in [7, 11) is 0. The van der Waals surface area contributed by atoms with Crippen molar-refractivity contribution >= 4 is 0 Å². The van der Waals surface area contributed by atoms with Crippen LogP contribution in [0.1, 0.15) is 34.1 Å². The first-order valence-corrected chi connectivity index (χ1v) is 4.82. The Morgan fingerprint density at radius 2 is 1.93 bits per heavy atom. The Balaban J connectivity index is -0.000000162. The van der Waals surface area contributed by atoms with E-state index >= 15 is 0 Å². The zero-order valence-corrected chi connectivity index (χ0v) is 11.9. The molecule has 0 aromatic rings. The number of hydrogen-bond acceptors (Lipinski definition) is 0. The molecule has 0 saturated heterocycles. The predicted octanol–water partition coefficient (Wildman–Crippen LogP) is 4.48. The minimum Gasteiger partial charge on any atom is -0.346 e. The van der Waals surface area contributed by atoms with Gasteiger partial charge in [-0.15, -0.1) is 6.42 Å². The Kier molecular flexibility index (Phi) is 21.4. The van der Waals surface area contributed by atoms with Gasteiger partial charge in [-0.2, -0.15) is 18.6 Å². The molecule has 0 N–H and O–H groups in total. The van der Waals surface area contributed by atoms with E-state index in [-0.39, 0.29) is 19.5 Å². The normalized spacial score (nSPS) is 12.3. The van der Waals surface area contributed by atoms with Crippen molar-refractivity contribution in [1.82, 2.24) is 0 Å². The topological polar surface area (TPSA) is 0 Å². The van der Waals surface area contributed by atoms with E-state index < -0.39 is 0 Å². The third-order valence-electron chi connectivity index (χ3n) is 1.41. The molecular weight excluding hydrogens is 269 g/mol. The van der Waals surface area contributed by atoms with Gasteiger partial charge in [-0.25, -0.2) is 23.8 Å². The van der Waals surface area contributed by atoms with E-state index in [0.29, 0.717) is 0 Å². The molecule has 0 heterocycles. The molecule has 0 saturated carbocycles. The van der Waals surface area contributed by atoms with Crippen LogP contribution in [0.25, 0.3) is 0 Å². The van der Waals surface area contributed by atoms with Crippen molar-refractivity contribution in [2.75, 3.05) is 0 Å². The van der Waals surface area contributed by atoms with E-state index in [9.17, 15) is 0 Å². The summed E-state index contributed by atoms with van der Waals surface area (Å²) in [4.78, 5) is 0. The monoisotopic (exact) mass is 291 g/mol. The van der Waals surface area contributed by atoms with Crippen LogP contribution in [0, 0.1) is 19.6 Å². The summed E-state index contributed by atoms with van der Waals surface area (Å²) in [5.74, 6) is 0. The van der Waals surface area contributed by atoms with E-state index in [1.165, 1.54) is 17.2 Å². The molecular formula is C14H21Ru. The maximum absolute atomic E-state index is 4.93. The zero-order valence-electron chi connectivity index (χ0n) is 10.2. The van der Waals surface area contributed by atoms with Crippen molar-refractivity contribution in [3.05, 3.63) is 55.0 Å². The molecule has 1 radical (unpaired) electrons. The molecule has 0 aromatic carbocycles. The largest absolute Gasteiger partial charge is 3.00 e. The summed E-state index contributed by atoms with van der Waals surface area (Å²) in [5.41, 5.74) is 2.72. The molecule has 0 nitrogen and oxygen atoms in total. The second kappa shape index (κ2) is 16.0. The first-order chi connectivity index (χ1) is 6.70. The maximum atomic E-state index is 4.93. The Labute approximate surface area is 109 Å². The fourth-order valence-electron chi connectivity index (χ4n) is 0.862. The first-order valence-electron chi connectivity index (χ1n) is 4.82. The summed E-state index contributed by atoms with van der Waals surface area (Å²) in [6.45, 7) is 16.1. The molecule has 0 aliphatic heterocycles. The van der Waals surface area contributed by atoms with Gasteiger partial charge in [0.1, 0.15) is 0 Å². The van der Waals surface area contributed by atoms with Gasteiger partial charge >= 0.3 is 19.5 Å². The molecule has 0 bridgehead atoms. The molecule has 15 heavy (non-hydrogen) atoms. The van der Waals surface area contributed by atoms with Crippen molar-refractivity contribution in [2.45, 2.75) is 34.1 Å². The average molecular weight is 290 g/mol. The Morgan fingerprint density at radius 3 is 2.00 bits per heavy atom. The molecule has 85 valence electrons. The van der Waals surface area contributed by atoms with E-state index in [1.807, 2.05) is 13.0 Å². The van der Waals surface area contributed by atoms with Crippen LogP contribution in [-0.4, -0.2) is 0 Å². The zero-order chi connectivity index (χ0) is 11.4.